The van der Waals surface area contributed by atoms with Gasteiger partial charge < -0.3 is 14.4 Å². The summed E-state index contributed by atoms with van der Waals surface area (Å²) >= 11 is 0. The van der Waals surface area contributed by atoms with Crippen molar-refractivity contribution in [1.82, 2.24) is 0 Å². The second-order valence-electron chi connectivity index (χ2n) is 7.38. The first kappa shape index (κ1) is 15.6. The first-order valence-electron chi connectivity index (χ1n) is 8.88. The number of allylic oxidation sites excluding steroid dienone is 2. The van der Waals surface area contributed by atoms with Crippen molar-refractivity contribution in [2.24, 2.45) is 11.8 Å². The number of fused-ring (bicyclic) bond motifs is 1. The lowest BCUT2D eigenvalue weighted by atomic mass is 9.84. The maximum absolute atomic E-state index is 11.8. The molecule has 1 aromatic carbocycles. The monoisotopic (exact) mass is 327 g/mol. The molecule has 4 aliphatic rings. The predicted molar refractivity (Wildman–Crippen MR) is 93.6 cm³/mol. The van der Waals surface area contributed by atoms with Crippen LogP contribution in [0.25, 0.3) is 0 Å². The Balaban J connectivity index is 1.60. The summed E-state index contributed by atoms with van der Waals surface area (Å²) in [5, 5.41) is 0. The highest BCUT2D eigenvalue weighted by atomic mass is 16.5. The van der Waals surface area contributed by atoms with Crippen molar-refractivity contribution < 1.29 is 14.3 Å². The number of nitrogens with zero attached hydrogens (tertiary/aromatic N) is 1. The molecular weight excluding hydrogens is 302 g/mol. The maximum Gasteiger partial charge on any atom is 0.163 e. The summed E-state index contributed by atoms with van der Waals surface area (Å²) in [5.74, 6) is 3.45. The molecule has 2 bridgehead atoms. The SMILES string of the molecule is COc1ccc(N(C)C2=C(C)C(=O)CC2)cc1O[C@@H]1CC2CC1C2. The summed E-state index contributed by atoms with van der Waals surface area (Å²) in [6.07, 6.45) is 5.58. The number of carbonyl (C=O) groups excluding carboxylic acids is 1. The van der Waals surface area contributed by atoms with Crippen molar-refractivity contribution in [3.05, 3.63) is 29.5 Å². The van der Waals surface area contributed by atoms with Gasteiger partial charge in [-0.2, -0.15) is 0 Å². The van der Waals surface area contributed by atoms with Gasteiger partial charge in [0.25, 0.3) is 0 Å². The molecule has 128 valence electrons. The summed E-state index contributed by atoms with van der Waals surface area (Å²) in [6.45, 7) is 1.92. The van der Waals surface area contributed by atoms with E-state index in [0.29, 0.717) is 12.5 Å². The summed E-state index contributed by atoms with van der Waals surface area (Å²) in [6, 6.07) is 6.05. The molecule has 5 rings (SSSR count). The van der Waals surface area contributed by atoms with E-state index in [1.165, 1.54) is 19.3 Å². The Hall–Kier alpha value is -1.97. The summed E-state index contributed by atoms with van der Waals surface area (Å²) in [4.78, 5) is 13.9. The second kappa shape index (κ2) is 5.83. The minimum atomic E-state index is 0.257. The normalized spacial score (nSPS) is 28.1. The van der Waals surface area contributed by atoms with Crippen LogP contribution in [0.15, 0.2) is 29.5 Å². The quantitative estimate of drug-likeness (QED) is 0.821. The zero-order valence-corrected chi connectivity index (χ0v) is 14.7. The molecule has 1 aromatic rings. The van der Waals surface area contributed by atoms with Gasteiger partial charge in [0, 0.05) is 36.5 Å². The molecule has 0 aromatic heterocycles. The second-order valence-corrected chi connectivity index (χ2v) is 7.38. The highest BCUT2D eigenvalue weighted by Crippen LogP contribution is 2.50. The predicted octanol–water partition coefficient (Wildman–Crippen LogP) is 3.95. The molecule has 3 fully saturated rings. The number of benzene rings is 1. The third-order valence-electron chi connectivity index (χ3n) is 6.02. The van der Waals surface area contributed by atoms with Crippen molar-refractivity contribution in [3.8, 4) is 11.5 Å². The molecule has 0 heterocycles. The summed E-state index contributed by atoms with van der Waals surface area (Å²) in [5.41, 5.74) is 3.03. The smallest absolute Gasteiger partial charge is 0.163 e. The van der Waals surface area contributed by atoms with Crippen LogP contribution < -0.4 is 14.4 Å². The molecular formula is C20H25NO3. The standard InChI is InChI=1S/C20H25NO3/c1-12-16(5-6-17(12)22)21(2)15-4-7-18(23-3)20(11-15)24-19-10-13-8-14(19)9-13/h4,7,11,13-14,19H,5-6,8-10H2,1-3H3/t13?,14?,19-/m1/s1. The molecule has 0 amide bonds. The fraction of sp³-hybridized carbons (Fsp3) is 0.550. The third-order valence-corrected chi connectivity index (χ3v) is 6.02. The fourth-order valence-corrected chi connectivity index (χ4v) is 4.42. The average Bonchev–Trinajstić information content (AvgIpc) is 3.21. The van der Waals surface area contributed by atoms with E-state index in [9.17, 15) is 4.79 Å². The van der Waals surface area contributed by atoms with Gasteiger partial charge in [0.05, 0.1) is 7.11 Å². The summed E-state index contributed by atoms with van der Waals surface area (Å²) < 4.78 is 11.8. The maximum atomic E-state index is 11.8. The molecule has 24 heavy (non-hydrogen) atoms. The molecule has 0 unspecified atom stereocenters. The molecule has 0 saturated heterocycles. The summed E-state index contributed by atoms with van der Waals surface area (Å²) in [7, 11) is 3.71. The van der Waals surface area contributed by atoms with Crippen LogP contribution in [0.2, 0.25) is 0 Å². The Morgan fingerprint density at radius 3 is 2.50 bits per heavy atom. The van der Waals surface area contributed by atoms with E-state index in [0.717, 1.165) is 46.7 Å². The van der Waals surface area contributed by atoms with Gasteiger partial charge in [-0.1, -0.05) is 0 Å². The number of methoxy groups -OCH3 is 1. The number of hydrogen-bond donors (Lipinski definition) is 0. The minimum Gasteiger partial charge on any atom is -0.493 e. The Kier molecular flexibility index (Phi) is 3.78. The number of hydrogen-bond acceptors (Lipinski definition) is 4. The lowest BCUT2D eigenvalue weighted by Crippen LogP contribution is -2.22. The van der Waals surface area contributed by atoms with Gasteiger partial charge in [0.15, 0.2) is 17.3 Å². The van der Waals surface area contributed by atoms with E-state index in [4.69, 9.17) is 9.47 Å². The van der Waals surface area contributed by atoms with Crippen LogP contribution in [0, 0.1) is 11.8 Å². The van der Waals surface area contributed by atoms with Gasteiger partial charge in [-0.05, 0) is 56.6 Å². The number of rotatable bonds is 5. The van der Waals surface area contributed by atoms with E-state index >= 15 is 0 Å². The fourth-order valence-electron chi connectivity index (χ4n) is 4.42. The van der Waals surface area contributed by atoms with Crippen molar-refractivity contribution in [3.63, 3.8) is 0 Å². The molecule has 3 saturated carbocycles. The van der Waals surface area contributed by atoms with Gasteiger partial charge in [-0.3, -0.25) is 4.79 Å². The highest BCUT2D eigenvalue weighted by Gasteiger charge is 2.46. The zero-order valence-electron chi connectivity index (χ0n) is 14.7. The van der Waals surface area contributed by atoms with Gasteiger partial charge in [0.2, 0.25) is 0 Å². The van der Waals surface area contributed by atoms with Crippen molar-refractivity contribution >= 4 is 11.5 Å². The number of Topliss-reactive ketones (excluding diaryl/α,β-unsaturated/α-hetero) is 1. The molecule has 0 aliphatic heterocycles. The lowest BCUT2D eigenvalue weighted by molar-refractivity contribution is -0.114. The van der Waals surface area contributed by atoms with E-state index in [2.05, 4.69) is 11.0 Å². The van der Waals surface area contributed by atoms with Gasteiger partial charge in [-0.25, -0.2) is 0 Å². The van der Waals surface area contributed by atoms with Crippen LogP contribution in [0.5, 0.6) is 11.5 Å². The number of ether oxygens (including phenoxy) is 2. The molecule has 0 radical (unpaired) electrons. The highest BCUT2D eigenvalue weighted by molar-refractivity contribution is 5.98. The number of anilines is 1. The van der Waals surface area contributed by atoms with Gasteiger partial charge >= 0.3 is 0 Å². The van der Waals surface area contributed by atoms with Gasteiger partial charge in [-0.15, -0.1) is 0 Å². The Bertz CT molecular complexity index is 703. The van der Waals surface area contributed by atoms with Gasteiger partial charge in [0.1, 0.15) is 6.10 Å². The van der Waals surface area contributed by atoms with Crippen molar-refractivity contribution in [1.29, 1.82) is 0 Å². The van der Waals surface area contributed by atoms with Crippen LogP contribution in [0.1, 0.15) is 39.0 Å². The zero-order chi connectivity index (χ0) is 16.8. The Morgan fingerprint density at radius 1 is 1.12 bits per heavy atom. The molecule has 0 N–H and O–H groups in total. The van der Waals surface area contributed by atoms with Crippen molar-refractivity contribution in [2.75, 3.05) is 19.1 Å². The first-order chi connectivity index (χ1) is 11.6. The number of ketones is 1. The topological polar surface area (TPSA) is 38.8 Å². The van der Waals surface area contributed by atoms with Crippen LogP contribution >= 0.6 is 0 Å². The Morgan fingerprint density at radius 2 is 1.92 bits per heavy atom. The van der Waals surface area contributed by atoms with Crippen LogP contribution in [-0.4, -0.2) is 26.0 Å². The van der Waals surface area contributed by atoms with Crippen LogP contribution in [-0.2, 0) is 4.79 Å². The Labute approximate surface area is 143 Å². The van der Waals surface area contributed by atoms with E-state index in [-0.39, 0.29) is 5.78 Å². The van der Waals surface area contributed by atoms with E-state index in [1.54, 1.807) is 7.11 Å². The largest absolute Gasteiger partial charge is 0.493 e. The molecule has 4 aliphatic carbocycles. The number of carbonyl (C=O) groups is 1. The van der Waals surface area contributed by atoms with Crippen LogP contribution in [0.3, 0.4) is 0 Å². The van der Waals surface area contributed by atoms with Crippen molar-refractivity contribution in [2.45, 2.75) is 45.1 Å². The average molecular weight is 327 g/mol. The van der Waals surface area contributed by atoms with E-state index in [1.807, 2.05) is 26.1 Å². The minimum absolute atomic E-state index is 0.257. The third kappa shape index (κ3) is 2.48. The van der Waals surface area contributed by atoms with E-state index < -0.39 is 0 Å². The van der Waals surface area contributed by atoms with Crippen LogP contribution in [0.4, 0.5) is 5.69 Å². The molecule has 4 heteroatoms. The molecule has 0 spiro atoms. The molecule has 1 atom stereocenters. The lowest BCUT2D eigenvalue weighted by Gasteiger charge is -2.26. The molecule has 4 nitrogen and oxygen atoms in total. The first-order valence-corrected chi connectivity index (χ1v) is 8.88.